The van der Waals surface area contributed by atoms with Crippen molar-refractivity contribution in [1.82, 2.24) is 10.3 Å². The molecule has 4 rings (SSSR count). The molecule has 1 heterocycles. The number of aromatic nitrogens is 1. The summed E-state index contributed by atoms with van der Waals surface area (Å²) >= 11 is 0. The van der Waals surface area contributed by atoms with Gasteiger partial charge in [0.25, 0.3) is 5.91 Å². The Bertz CT molecular complexity index is 1220. The Balaban J connectivity index is 1.61. The van der Waals surface area contributed by atoms with Crippen molar-refractivity contribution in [2.45, 2.75) is 19.1 Å². The van der Waals surface area contributed by atoms with Gasteiger partial charge in [-0.05, 0) is 65.2 Å². The summed E-state index contributed by atoms with van der Waals surface area (Å²) in [4.78, 5) is 17.0. The molecule has 1 atom stereocenters. The molecule has 0 saturated carbocycles. The fourth-order valence-corrected chi connectivity index (χ4v) is 3.50. The van der Waals surface area contributed by atoms with Gasteiger partial charge in [0.05, 0.1) is 17.3 Å². The zero-order chi connectivity index (χ0) is 22.0. The summed E-state index contributed by atoms with van der Waals surface area (Å²) in [5, 5.41) is 4.62. The zero-order valence-corrected chi connectivity index (χ0v) is 16.6. The van der Waals surface area contributed by atoms with Crippen molar-refractivity contribution in [1.29, 1.82) is 0 Å². The molecule has 1 N–H and O–H groups in total. The number of hydrogen-bond donors (Lipinski definition) is 1. The number of carbonyl (C=O) groups is 1. The molecule has 0 unspecified atom stereocenters. The van der Waals surface area contributed by atoms with Crippen molar-refractivity contribution in [2.75, 3.05) is 0 Å². The first-order chi connectivity index (χ1) is 14.8. The van der Waals surface area contributed by atoms with Crippen LogP contribution in [0.1, 0.15) is 34.6 Å². The predicted octanol–water partition coefficient (Wildman–Crippen LogP) is 6.41. The number of pyridine rings is 1. The molecule has 3 nitrogen and oxygen atoms in total. The van der Waals surface area contributed by atoms with Crippen LogP contribution in [-0.2, 0) is 6.18 Å². The van der Waals surface area contributed by atoms with Crippen molar-refractivity contribution in [3.05, 3.63) is 102 Å². The summed E-state index contributed by atoms with van der Waals surface area (Å²) in [7, 11) is 0. The lowest BCUT2D eigenvalue weighted by Gasteiger charge is -2.14. The van der Waals surface area contributed by atoms with Crippen LogP contribution in [0.15, 0.2) is 85.1 Å². The zero-order valence-electron chi connectivity index (χ0n) is 16.6. The van der Waals surface area contributed by atoms with Gasteiger partial charge in [-0.25, -0.2) is 0 Å². The Morgan fingerprint density at radius 2 is 1.71 bits per heavy atom. The molecule has 156 valence electrons. The van der Waals surface area contributed by atoms with E-state index in [1.54, 1.807) is 18.3 Å². The maximum Gasteiger partial charge on any atom is 0.416 e. The first-order valence-electron chi connectivity index (χ1n) is 9.75. The number of nitrogens with zero attached hydrogens (tertiary/aromatic N) is 1. The number of halogens is 3. The lowest BCUT2D eigenvalue weighted by atomic mass is 9.96. The third kappa shape index (κ3) is 4.43. The lowest BCUT2D eigenvalue weighted by Crippen LogP contribution is -2.27. The number of amides is 1. The van der Waals surface area contributed by atoms with E-state index in [4.69, 9.17) is 0 Å². The Morgan fingerprint density at radius 3 is 2.39 bits per heavy atom. The van der Waals surface area contributed by atoms with Gasteiger partial charge in [-0.1, -0.05) is 42.5 Å². The first kappa shape index (κ1) is 20.6. The largest absolute Gasteiger partial charge is 0.416 e. The molecular formula is C25H19F3N2O. The molecule has 1 aromatic heterocycles. The van der Waals surface area contributed by atoms with Crippen LogP contribution in [-0.4, -0.2) is 10.9 Å². The summed E-state index contributed by atoms with van der Waals surface area (Å²) in [5.74, 6) is -0.222. The van der Waals surface area contributed by atoms with Gasteiger partial charge in [0.15, 0.2) is 0 Å². The van der Waals surface area contributed by atoms with Crippen LogP contribution in [0.4, 0.5) is 13.2 Å². The van der Waals surface area contributed by atoms with E-state index in [0.717, 1.165) is 34.2 Å². The van der Waals surface area contributed by atoms with Gasteiger partial charge < -0.3 is 5.32 Å². The molecule has 0 radical (unpaired) electrons. The Hall–Kier alpha value is -3.67. The smallest absolute Gasteiger partial charge is 0.344 e. The standard InChI is InChI=1S/C25H19F3N2O/c1-16(23-7-2-3-14-29-23)30-24(31)19-10-13-22-18(15-19)5-4-6-21(22)17-8-11-20(12-9-17)25(26,27)28/h2-16H,1H3,(H,30,31)/t16-/m1/s1. The molecule has 0 aliphatic rings. The molecule has 1 amide bonds. The molecular weight excluding hydrogens is 401 g/mol. The van der Waals surface area contributed by atoms with E-state index in [2.05, 4.69) is 10.3 Å². The van der Waals surface area contributed by atoms with E-state index in [9.17, 15) is 18.0 Å². The quantitative estimate of drug-likeness (QED) is 0.414. The van der Waals surface area contributed by atoms with E-state index < -0.39 is 11.7 Å². The average molecular weight is 420 g/mol. The second-order valence-corrected chi connectivity index (χ2v) is 7.27. The predicted molar refractivity (Wildman–Crippen MR) is 115 cm³/mol. The van der Waals surface area contributed by atoms with Gasteiger partial charge in [-0.2, -0.15) is 13.2 Å². The molecule has 0 fully saturated rings. The van der Waals surface area contributed by atoms with Crippen LogP contribution < -0.4 is 5.32 Å². The minimum absolute atomic E-state index is 0.222. The van der Waals surface area contributed by atoms with Crippen LogP contribution in [0.3, 0.4) is 0 Å². The highest BCUT2D eigenvalue weighted by atomic mass is 19.4. The van der Waals surface area contributed by atoms with Gasteiger partial charge >= 0.3 is 6.18 Å². The third-order valence-electron chi connectivity index (χ3n) is 5.14. The number of alkyl halides is 3. The molecule has 0 spiro atoms. The van der Waals surface area contributed by atoms with Crippen LogP contribution >= 0.6 is 0 Å². The van der Waals surface area contributed by atoms with E-state index >= 15 is 0 Å². The minimum atomic E-state index is -4.37. The van der Waals surface area contributed by atoms with Gasteiger partial charge in [0.1, 0.15) is 0 Å². The fourth-order valence-electron chi connectivity index (χ4n) is 3.50. The first-order valence-corrected chi connectivity index (χ1v) is 9.75. The van der Waals surface area contributed by atoms with Crippen LogP contribution in [0, 0.1) is 0 Å². The van der Waals surface area contributed by atoms with E-state index in [-0.39, 0.29) is 11.9 Å². The van der Waals surface area contributed by atoms with E-state index in [1.165, 1.54) is 12.1 Å². The van der Waals surface area contributed by atoms with Gasteiger partial charge in [0, 0.05) is 11.8 Å². The second-order valence-electron chi connectivity index (χ2n) is 7.27. The molecule has 3 aromatic carbocycles. The number of nitrogens with one attached hydrogen (secondary N) is 1. The molecule has 0 aliphatic heterocycles. The third-order valence-corrected chi connectivity index (χ3v) is 5.14. The SMILES string of the molecule is C[C@@H](NC(=O)c1ccc2c(-c3ccc(C(F)(F)F)cc3)cccc2c1)c1ccccn1. The van der Waals surface area contributed by atoms with Crippen LogP contribution in [0.2, 0.25) is 0 Å². The maximum absolute atomic E-state index is 12.9. The summed E-state index contributed by atoms with van der Waals surface area (Å²) in [6.07, 6.45) is -2.69. The summed E-state index contributed by atoms with van der Waals surface area (Å²) in [5.41, 5.74) is 2.07. The highest BCUT2D eigenvalue weighted by Crippen LogP contribution is 2.33. The summed E-state index contributed by atoms with van der Waals surface area (Å²) in [6, 6.07) is 21.2. The van der Waals surface area contributed by atoms with E-state index in [0.29, 0.717) is 11.1 Å². The molecule has 0 bridgehead atoms. The Morgan fingerprint density at radius 1 is 0.935 bits per heavy atom. The topological polar surface area (TPSA) is 42.0 Å². The maximum atomic E-state index is 12.9. The van der Waals surface area contributed by atoms with Crippen molar-refractivity contribution < 1.29 is 18.0 Å². The van der Waals surface area contributed by atoms with Gasteiger partial charge in [0.2, 0.25) is 0 Å². The van der Waals surface area contributed by atoms with Gasteiger partial charge in [-0.3, -0.25) is 9.78 Å². The monoisotopic (exact) mass is 420 g/mol. The Labute approximate surface area is 177 Å². The van der Waals surface area contributed by atoms with E-state index in [1.807, 2.05) is 49.4 Å². The number of carbonyl (C=O) groups excluding carboxylic acids is 1. The molecule has 0 aliphatic carbocycles. The Kier molecular flexibility index (Phi) is 5.46. The number of benzene rings is 3. The average Bonchev–Trinajstić information content (AvgIpc) is 2.78. The summed E-state index contributed by atoms with van der Waals surface area (Å²) in [6.45, 7) is 1.87. The highest BCUT2D eigenvalue weighted by molar-refractivity contribution is 6.02. The molecule has 31 heavy (non-hydrogen) atoms. The van der Waals surface area contributed by atoms with Gasteiger partial charge in [-0.15, -0.1) is 0 Å². The second kappa shape index (κ2) is 8.22. The van der Waals surface area contributed by atoms with Crippen LogP contribution in [0.25, 0.3) is 21.9 Å². The van der Waals surface area contributed by atoms with Crippen molar-refractivity contribution in [3.63, 3.8) is 0 Å². The number of fused-ring (bicyclic) bond motifs is 1. The fraction of sp³-hybridized carbons (Fsp3) is 0.120. The molecule has 0 saturated heterocycles. The lowest BCUT2D eigenvalue weighted by molar-refractivity contribution is -0.137. The number of hydrogen-bond acceptors (Lipinski definition) is 2. The van der Waals surface area contributed by atoms with Crippen molar-refractivity contribution in [3.8, 4) is 11.1 Å². The molecule has 6 heteroatoms. The molecule has 4 aromatic rings. The summed E-state index contributed by atoms with van der Waals surface area (Å²) < 4.78 is 38.6. The number of rotatable bonds is 4. The van der Waals surface area contributed by atoms with Crippen LogP contribution in [0.5, 0.6) is 0 Å². The van der Waals surface area contributed by atoms with Crippen molar-refractivity contribution in [2.24, 2.45) is 0 Å². The minimum Gasteiger partial charge on any atom is -0.344 e. The van der Waals surface area contributed by atoms with Crippen molar-refractivity contribution >= 4 is 16.7 Å². The normalized spacial score (nSPS) is 12.5. The highest BCUT2D eigenvalue weighted by Gasteiger charge is 2.30.